The number of carbonyl (C=O) groups is 1. The van der Waals surface area contributed by atoms with Gasteiger partial charge in [-0.15, -0.1) is 0 Å². The zero-order valence-electron chi connectivity index (χ0n) is 15.0. The fraction of sp³-hybridized carbons (Fsp3) is 0.632. The number of ether oxygens (including phenoxy) is 1. The van der Waals surface area contributed by atoms with Gasteiger partial charge in [0.05, 0.1) is 0 Å². The van der Waals surface area contributed by atoms with E-state index >= 15 is 0 Å². The van der Waals surface area contributed by atoms with Gasteiger partial charge in [0.25, 0.3) is 0 Å². The lowest BCUT2D eigenvalue weighted by Crippen LogP contribution is -2.43. The van der Waals surface area contributed by atoms with Crippen LogP contribution in [0.4, 0.5) is 4.79 Å². The largest absolute Gasteiger partial charge is 0.444 e. The maximum Gasteiger partial charge on any atom is 0.407 e. The minimum atomic E-state index is -0.459. The minimum absolute atomic E-state index is 0.189. The first-order valence-corrected chi connectivity index (χ1v) is 8.58. The predicted molar refractivity (Wildman–Crippen MR) is 93.7 cm³/mol. The number of hydrogen-bond acceptors (Lipinski definition) is 3. The zero-order valence-corrected chi connectivity index (χ0v) is 15.0. The normalized spacial score (nSPS) is 22.1. The molecule has 0 saturated heterocycles. The summed E-state index contributed by atoms with van der Waals surface area (Å²) in [6.45, 7) is 10.6. The van der Waals surface area contributed by atoms with Gasteiger partial charge in [-0.05, 0) is 57.6 Å². The Hall–Kier alpha value is -1.55. The van der Waals surface area contributed by atoms with Crippen molar-refractivity contribution in [1.29, 1.82) is 0 Å². The Morgan fingerprint density at radius 3 is 2.57 bits per heavy atom. The molecule has 1 amide bonds. The van der Waals surface area contributed by atoms with Crippen LogP contribution in [-0.4, -0.2) is 24.3 Å². The average molecular weight is 318 g/mol. The lowest BCUT2D eigenvalue weighted by molar-refractivity contribution is 0.0522. The molecule has 0 bridgehead atoms. The van der Waals surface area contributed by atoms with Crippen molar-refractivity contribution in [2.45, 2.75) is 71.1 Å². The molecule has 0 heterocycles. The molecule has 4 nitrogen and oxygen atoms in total. The second kappa shape index (κ2) is 7.35. The average Bonchev–Trinajstić information content (AvgIpc) is 2.47. The topological polar surface area (TPSA) is 50.4 Å². The SMILES string of the molecule is CC(CNC(=O)OC(C)(C)C)NC1CCC(C)c2ccccc21. The van der Waals surface area contributed by atoms with Gasteiger partial charge in [-0.25, -0.2) is 4.79 Å². The summed E-state index contributed by atoms with van der Waals surface area (Å²) in [7, 11) is 0. The van der Waals surface area contributed by atoms with Crippen molar-refractivity contribution in [2.75, 3.05) is 6.54 Å². The zero-order chi connectivity index (χ0) is 17.0. The molecule has 2 rings (SSSR count). The summed E-state index contributed by atoms with van der Waals surface area (Å²) >= 11 is 0. The summed E-state index contributed by atoms with van der Waals surface area (Å²) in [5.74, 6) is 0.624. The van der Waals surface area contributed by atoms with E-state index in [1.165, 1.54) is 17.5 Å². The monoisotopic (exact) mass is 318 g/mol. The molecule has 1 aliphatic carbocycles. The first-order valence-electron chi connectivity index (χ1n) is 8.58. The number of amides is 1. The molecular weight excluding hydrogens is 288 g/mol. The smallest absolute Gasteiger partial charge is 0.407 e. The van der Waals surface area contributed by atoms with Crippen molar-refractivity contribution in [3.63, 3.8) is 0 Å². The number of nitrogens with one attached hydrogen (secondary N) is 2. The third-order valence-electron chi connectivity index (χ3n) is 4.23. The van der Waals surface area contributed by atoms with E-state index in [4.69, 9.17) is 4.74 Å². The summed E-state index contributed by atoms with van der Waals surface area (Å²) in [4.78, 5) is 11.7. The van der Waals surface area contributed by atoms with Crippen LogP contribution in [0.3, 0.4) is 0 Å². The second-order valence-electron chi connectivity index (χ2n) is 7.61. The highest BCUT2D eigenvalue weighted by atomic mass is 16.6. The van der Waals surface area contributed by atoms with Crippen LogP contribution in [0.2, 0.25) is 0 Å². The van der Waals surface area contributed by atoms with Crippen molar-refractivity contribution in [2.24, 2.45) is 0 Å². The molecule has 0 saturated carbocycles. The first kappa shape index (κ1) is 17.8. The molecule has 3 atom stereocenters. The number of benzene rings is 1. The summed E-state index contributed by atoms with van der Waals surface area (Å²) in [6.07, 6.45) is 1.97. The molecule has 0 aromatic heterocycles. The van der Waals surface area contributed by atoms with Crippen LogP contribution in [0, 0.1) is 0 Å². The van der Waals surface area contributed by atoms with Crippen LogP contribution < -0.4 is 10.6 Å². The highest BCUT2D eigenvalue weighted by molar-refractivity contribution is 5.67. The maximum absolute atomic E-state index is 11.7. The van der Waals surface area contributed by atoms with Gasteiger partial charge in [-0.2, -0.15) is 0 Å². The van der Waals surface area contributed by atoms with E-state index in [1.807, 2.05) is 20.8 Å². The summed E-state index contributed by atoms with van der Waals surface area (Å²) in [5, 5.41) is 6.48. The molecule has 2 N–H and O–H groups in total. The first-order chi connectivity index (χ1) is 10.8. The van der Waals surface area contributed by atoms with Crippen LogP contribution >= 0.6 is 0 Å². The summed E-state index contributed by atoms with van der Waals surface area (Å²) in [6, 6.07) is 9.22. The van der Waals surface area contributed by atoms with Crippen LogP contribution in [0.1, 0.15) is 70.5 Å². The molecule has 1 aromatic rings. The van der Waals surface area contributed by atoms with Gasteiger partial charge >= 0.3 is 6.09 Å². The van der Waals surface area contributed by atoms with E-state index in [9.17, 15) is 4.79 Å². The Morgan fingerprint density at radius 2 is 1.91 bits per heavy atom. The van der Waals surface area contributed by atoms with Crippen LogP contribution in [0.25, 0.3) is 0 Å². The molecule has 0 fully saturated rings. The Bertz CT molecular complexity index is 536. The number of hydrogen-bond donors (Lipinski definition) is 2. The number of rotatable bonds is 4. The molecule has 1 aliphatic rings. The highest BCUT2D eigenvalue weighted by Gasteiger charge is 2.25. The maximum atomic E-state index is 11.7. The number of carbonyl (C=O) groups excluding carboxylic acids is 1. The lowest BCUT2D eigenvalue weighted by Gasteiger charge is -2.32. The van der Waals surface area contributed by atoms with E-state index in [0.717, 1.165) is 6.42 Å². The molecule has 0 spiro atoms. The fourth-order valence-corrected chi connectivity index (χ4v) is 3.13. The van der Waals surface area contributed by atoms with Gasteiger partial charge in [-0.1, -0.05) is 31.2 Å². The van der Waals surface area contributed by atoms with E-state index in [-0.39, 0.29) is 12.1 Å². The van der Waals surface area contributed by atoms with Gasteiger partial charge < -0.3 is 15.4 Å². The Kier molecular flexibility index (Phi) is 5.69. The standard InChI is InChI=1S/C19H30N2O2/c1-13-10-11-17(16-9-7-6-8-15(13)16)21-14(2)12-20-18(22)23-19(3,4)5/h6-9,13-14,17,21H,10-12H2,1-5H3,(H,20,22). The highest BCUT2D eigenvalue weighted by Crippen LogP contribution is 2.37. The lowest BCUT2D eigenvalue weighted by atomic mass is 9.81. The minimum Gasteiger partial charge on any atom is -0.444 e. The number of fused-ring (bicyclic) bond motifs is 1. The van der Waals surface area contributed by atoms with Crippen molar-refractivity contribution in [3.05, 3.63) is 35.4 Å². The molecule has 3 unspecified atom stereocenters. The molecule has 0 aliphatic heterocycles. The van der Waals surface area contributed by atoms with Gasteiger partial charge in [0.1, 0.15) is 5.60 Å². The summed E-state index contributed by atoms with van der Waals surface area (Å²) in [5.41, 5.74) is 2.39. The van der Waals surface area contributed by atoms with Crippen molar-refractivity contribution in [3.8, 4) is 0 Å². The van der Waals surface area contributed by atoms with Gasteiger partial charge in [0, 0.05) is 18.6 Å². The second-order valence-corrected chi connectivity index (χ2v) is 7.61. The van der Waals surface area contributed by atoms with Crippen LogP contribution in [-0.2, 0) is 4.74 Å². The van der Waals surface area contributed by atoms with Gasteiger partial charge in [0.2, 0.25) is 0 Å². The molecule has 0 radical (unpaired) electrons. The number of alkyl carbamates (subject to hydrolysis) is 1. The predicted octanol–water partition coefficient (Wildman–Crippen LogP) is 4.13. The van der Waals surface area contributed by atoms with E-state index < -0.39 is 5.60 Å². The van der Waals surface area contributed by atoms with Gasteiger partial charge in [0.15, 0.2) is 0 Å². The van der Waals surface area contributed by atoms with Gasteiger partial charge in [-0.3, -0.25) is 0 Å². The molecule has 23 heavy (non-hydrogen) atoms. The van der Waals surface area contributed by atoms with Crippen LogP contribution in [0.5, 0.6) is 0 Å². The fourth-order valence-electron chi connectivity index (χ4n) is 3.13. The third-order valence-corrected chi connectivity index (χ3v) is 4.23. The Labute approximate surface area is 140 Å². The van der Waals surface area contributed by atoms with Crippen molar-refractivity contribution < 1.29 is 9.53 Å². The Balaban J connectivity index is 1.88. The quantitative estimate of drug-likeness (QED) is 0.877. The summed E-state index contributed by atoms with van der Waals surface area (Å²) < 4.78 is 5.27. The van der Waals surface area contributed by atoms with Crippen molar-refractivity contribution >= 4 is 6.09 Å². The molecular formula is C19H30N2O2. The van der Waals surface area contributed by atoms with E-state index in [2.05, 4.69) is 48.7 Å². The van der Waals surface area contributed by atoms with E-state index in [1.54, 1.807) is 0 Å². The van der Waals surface area contributed by atoms with Crippen molar-refractivity contribution in [1.82, 2.24) is 10.6 Å². The third kappa shape index (κ3) is 5.24. The molecule has 1 aromatic carbocycles. The van der Waals surface area contributed by atoms with E-state index in [0.29, 0.717) is 18.5 Å². The Morgan fingerprint density at radius 1 is 1.26 bits per heavy atom. The molecule has 4 heteroatoms. The van der Waals surface area contributed by atoms with Crippen LogP contribution in [0.15, 0.2) is 24.3 Å². The molecule has 128 valence electrons.